The third-order valence-electron chi connectivity index (χ3n) is 21.8. The minimum Gasteiger partial charge on any atom is -0.457 e. The van der Waals surface area contributed by atoms with E-state index in [0.29, 0.717) is 11.2 Å². The Balaban J connectivity index is 0.692. The summed E-state index contributed by atoms with van der Waals surface area (Å²) in [4.78, 5) is 4.35. The van der Waals surface area contributed by atoms with Crippen LogP contribution in [-0.4, -0.2) is 0 Å². The zero-order valence-corrected chi connectivity index (χ0v) is 59.2. The minimum atomic E-state index is -0.685. The Morgan fingerprint density at radius 3 is 0.991 bits per heavy atom. The first kappa shape index (κ1) is 65.6. The van der Waals surface area contributed by atoms with E-state index in [9.17, 15) is 0 Å². The van der Waals surface area contributed by atoms with Crippen LogP contribution in [0.5, 0.6) is 23.0 Å². The Morgan fingerprint density at radius 1 is 0.266 bits per heavy atom. The number of nitrogens with zero attached hydrogens (tertiary/aromatic N) is 2. The number of anilines is 6. The lowest BCUT2D eigenvalue weighted by molar-refractivity contribution is 0.482. The maximum absolute atomic E-state index is 15.2. The van der Waals surface area contributed by atoms with Crippen LogP contribution in [0, 0.1) is 11.6 Å². The Bertz CT molecular complexity index is 5950. The van der Waals surface area contributed by atoms with Crippen LogP contribution < -0.4 is 19.3 Å². The number of benzene rings is 16. The van der Waals surface area contributed by atoms with E-state index in [1.807, 2.05) is 97.1 Å². The number of rotatable bonds is 18. The summed E-state index contributed by atoms with van der Waals surface area (Å²) in [5.41, 5.74) is 25.1. The molecule has 109 heavy (non-hydrogen) atoms. The molecule has 0 N–H and O–H groups in total. The monoisotopic (exact) mass is 1410 g/mol. The van der Waals surface area contributed by atoms with Crippen molar-refractivity contribution in [3.63, 3.8) is 0 Å². The van der Waals surface area contributed by atoms with E-state index < -0.39 is 10.8 Å². The van der Waals surface area contributed by atoms with Crippen molar-refractivity contribution < 1.29 is 22.7 Å². The van der Waals surface area contributed by atoms with Gasteiger partial charge in [0.1, 0.15) is 45.8 Å². The molecule has 518 valence electrons. The molecule has 2 unspecified atom stereocenters. The molecule has 1 aromatic heterocycles. The normalized spacial score (nSPS) is 14.5. The van der Waals surface area contributed by atoms with Gasteiger partial charge in [0.25, 0.3) is 0 Å². The summed E-state index contributed by atoms with van der Waals surface area (Å²) in [6.45, 7) is 7.83. The van der Waals surface area contributed by atoms with Crippen molar-refractivity contribution in [3.05, 3.63) is 457 Å². The van der Waals surface area contributed by atoms with Crippen LogP contribution in [0.4, 0.5) is 42.9 Å². The first-order chi connectivity index (χ1) is 53.7. The molecule has 0 amide bonds. The summed E-state index contributed by atoms with van der Waals surface area (Å²) >= 11 is 0. The van der Waals surface area contributed by atoms with Crippen LogP contribution >= 0.6 is 0 Å². The topological polar surface area (TPSA) is 38.1 Å². The molecule has 1 heterocycles. The van der Waals surface area contributed by atoms with Crippen molar-refractivity contribution >= 4 is 68.2 Å². The fourth-order valence-electron chi connectivity index (χ4n) is 16.8. The van der Waals surface area contributed by atoms with Gasteiger partial charge in [-0.05, 0) is 270 Å². The van der Waals surface area contributed by atoms with Gasteiger partial charge in [-0.2, -0.15) is 0 Å². The molecule has 0 saturated carbocycles. The molecular weight excluding hydrogens is 1340 g/mol. The van der Waals surface area contributed by atoms with E-state index in [1.54, 1.807) is 0 Å². The van der Waals surface area contributed by atoms with Gasteiger partial charge in [0.2, 0.25) is 0 Å². The molecule has 2 atom stereocenters. The lowest BCUT2D eigenvalue weighted by Gasteiger charge is -2.34. The van der Waals surface area contributed by atoms with Gasteiger partial charge in [0.05, 0.1) is 10.8 Å². The highest BCUT2D eigenvalue weighted by Gasteiger charge is 2.48. The van der Waals surface area contributed by atoms with Gasteiger partial charge in [0, 0.05) is 44.9 Å². The first-order valence-corrected chi connectivity index (χ1v) is 36.6. The van der Waals surface area contributed by atoms with Crippen molar-refractivity contribution in [1.82, 2.24) is 0 Å². The van der Waals surface area contributed by atoms with Gasteiger partial charge in [0.15, 0.2) is 0 Å². The molecule has 0 bridgehead atoms. The van der Waals surface area contributed by atoms with E-state index >= 15 is 8.78 Å². The van der Waals surface area contributed by atoms with Crippen molar-refractivity contribution in [2.24, 2.45) is 0 Å². The van der Waals surface area contributed by atoms with Crippen LogP contribution in [0.25, 0.3) is 78.6 Å². The molecule has 0 aliphatic heterocycles. The summed E-state index contributed by atoms with van der Waals surface area (Å²) in [5, 5.41) is 1.76. The molecule has 2 aliphatic rings. The fourth-order valence-corrected chi connectivity index (χ4v) is 16.8. The highest BCUT2D eigenvalue weighted by molar-refractivity contribution is 6.08. The second-order valence-corrected chi connectivity index (χ2v) is 27.8. The molecule has 0 spiro atoms. The molecule has 19 rings (SSSR count). The summed E-state index contributed by atoms with van der Waals surface area (Å²) in [5.74, 6) is 2.30. The highest BCUT2D eigenvalue weighted by Crippen LogP contribution is 2.59. The molecule has 7 heteroatoms. The SMILES string of the molecule is C=Cc1ccc(Oc2ccc(C3(c4ccccc4)c4ccccc4-c4ccc(-c5cccc(N(c6ccc(F)cc6)c6ccc7oc8ccc(N(c9ccc(F)cc9)c9cccc(-c%10ccc%11c(c%10)C(c%10ccccc%10)(c%10ccc(Oc%12ccc(C=C)cc%12)cc%10)c%10ccccc%10-%11)c9)cc8c7c6)c5)cc43)cc2)cc1. The van der Waals surface area contributed by atoms with Gasteiger partial charge in [-0.3, -0.25) is 0 Å². The fraction of sp³-hybridized carbons (Fsp3) is 0.0196. The van der Waals surface area contributed by atoms with Gasteiger partial charge < -0.3 is 23.7 Å². The van der Waals surface area contributed by atoms with Crippen LogP contribution in [0.2, 0.25) is 0 Å². The van der Waals surface area contributed by atoms with Gasteiger partial charge in [-0.1, -0.05) is 232 Å². The van der Waals surface area contributed by atoms with E-state index in [1.165, 1.54) is 68.8 Å². The number of fused-ring (bicyclic) bond motifs is 9. The average molecular weight is 1410 g/mol. The Labute approximate surface area is 631 Å². The summed E-state index contributed by atoms with van der Waals surface area (Å²) in [6.07, 6.45) is 3.65. The van der Waals surface area contributed by atoms with Crippen molar-refractivity contribution in [2.75, 3.05) is 9.80 Å². The van der Waals surface area contributed by atoms with Crippen molar-refractivity contribution in [1.29, 1.82) is 0 Å². The van der Waals surface area contributed by atoms with E-state index in [2.05, 4.69) is 290 Å². The molecule has 17 aromatic rings. The third-order valence-corrected chi connectivity index (χ3v) is 21.8. The number of ether oxygens (including phenoxy) is 2. The summed E-state index contributed by atoms with van der Waals surface area (Å²) in [6, 6.07) is 129. The Kier molecular flexibility index (Phi) is 16.3. The van der Waals surface area contributed by atoms with Crippen LogP contribution in [-0.2, 0) is 10.8 Å². The second-order valence-electron chi connectivity index (χ2n) is 27.8. The lowest BCUT2D eigenvalue weighted by atomic mass is 9.67. The predicted molar refractivity (Wildman–Crippen MR) is 442 cm³/mol. The van der Waals surface area contributed by atoms with Gasteiger partial charge >= 0.3 is 0 Å². The zero-order valence-electron chi connectivity index (χ0n) is 59.2. The number of hydrogen-bond donors (Lipinski definition) is 0. The minimum absolute atomic E-state index is 0.334. The molecule has 0 radical (unpaired) electrons. The summed E-state index contributed by atoms with van der Waals surface area (Å²) < 4.78 is 49.9. The van der Waals surface area contributed by atoms with E-state index in [-0.39, 0.29) is 11.6 Å². The van der Waals surface area contributed by atoms with Crippen LogP contribution in [0.15, 0.2) is 394 Å². The van der Waals surface area contributed by atoms with Crippen molar-refractivity contribution in [2.45, 2.75) is 10.8 Å². The second kappa shape index (κ2) is 27.1. The number of halogens is 2. The Hall–Kier alpha value is -14.1. The number of hydrogen-bond acceptors (Lipinski definition) is 5. The summed E-state index contributed by atoms with van der Waals surface area (Å²) in [7, 11) is 0. The maximum Gasteiger partial charge on any atom is 0.135 e. The first-order valence-electron chi connectivity index (χ1n) is 36.6. The van der Waals surface area contributed by atoms with E-state index in [4.69, 9.17) is 13.9 Å². The smallest absolute Gasteiger partial charge is 0.135 e. The average Bonchev–Trinajstić information content (AvgIpc) is 1.55. The van der Waals surface area contributed by atoms with E-state index in [0.717, 1.165) is 124 Å². The highest BCUT2D eigenvalue weighted by atomic mass is 19.1. The standard InChI is InChI=1S/C102H68F2N2O3/c1-3-67-29-49-85(50-30-67)107-87-53-35-75(36-54-87)101(73-19-7-5-8-20-73)95-27-13-11-25-89(95)91-57-33-71(63-97(91)101)69-17-15-23-81(61-69)105(79-43-39-77(103)40-44-79)83-47-59-99-93(65-83)94-66-84(48-60-100(94)109-99)106(80-45-41-78(104)42-46-80)82-24-16-18-70(62-82)72-34-58-92-90-26-12-14-28-96(90)102(98(92)64-72,74-21-9-6-10-22-74)76-37-55-88(56-38-76)108-86-51-31-68(4-2)32-52-86/h3-66H,1-2H2. The quantitative estimate of drug-likeness (QED) is 0.0856. The molecular formula is C102H68F2N2O3. The molecule has 0 saturated heterocycles. The van der Waals surface area contributed by atoms with Crippen molar-refractivity contribution in [3.8, 4) is 67.5 Å². The maximum atomic E-state index is 15.2. The Morgan fingerprint density at radius 2 is 0.596 bits per heavy atom. The largest absolute Gasteiger partial charge is 0.457 e. The molecule has 0 fully saturated rings. The third kappa shape index (κ3) is 11.4. The lowest BCUT2D eigenvalue weighted by Crippen LogP contribution is -2.28. The molecule has 2 aliphatic carbocycles. The van der Waals surface area contributed by atoms with Crippen LogP contribution in [0.1, 0.15) is 55.6 Å². The van der Waals surface area contributed by atoms with Gasteiger partial charge in [-0.15, -0.1) is 0 Å². The zero-order chi connectivity index (χ0) is 73.2. The number of furan rings is 1. The predicted octanol–water partition coefficient (Wildman–Crippen LogP) is 27.7. The molecule has 16 aromatic carbocycles. The van der Waals surface area contributed by atoms with Crippen LogP contribution in [0.3, 0.4) is 0 Å². The van der Waals surface area contributed by atoms with Gasteiger partial charge in [-0.25, -0.2) is 8.78 Å². The molecule has 5 nitrogen and oxygen atoms in total.